The molecule has 5 heteroatoms. The highest BCUT2D eigenvalue weighted by Gasteiger charge is 2.25. The third-order valence-electron chi connectivity index (χ3n) is 4.63. The normalized spacial score (nSPS) is 25.5. The summed E-state index contributed by atoms with van der Waals surface area (Å²) in [7, 11) is 1.70. The molecule has 136 valence electrons. The van der Waals surface area contributed by atoms with Gasteiger partial charge in [0, 0.05) is 32.3 Å². The van der Waals surface area contributed by atoms with Gasteiger partial charge in [-0.25, -0.2) is 0 Å². The Morgan fingerprint density at radius 2 is 2.00 bits per heavy atom. The van der Waals surface area contributed by atoms with E-state index in [-0.39, 0.29) is 23.7 Å². The molecular weight excluding hydrogens is 304 g/mol. The monoisotopic (exact) mass is 336 g/mol. The second-order valence-electron chi connectivity index (χ2n) is 7.78. The minimum absolute atomic E-state index is 0.0464. The van der Waals surface area contributed by atoms with Crippen LogP contribution < -0.4 is 5.73 Å². The molecule has 2 atom stereocenters. The molecule has 0 radical (unpaired) electrons. The van der Waals surface area contributed by atoms with E-state index in [0.717, 1.165) is 32.4 Å². The fourth-order valence-electron chi connectivity index (χ4n) is 3.28. The van der Waals surface area contributed by atoms with Crippen molar-refractivity contribution in [2.45, 2.75) is 64.2 Å². The lowest BCUT2D eigenvalue weighted by Gasteiger charge is -2.36. The number of piperidine rings is 1. The summed E-state index contributed by atoms with van der Waals surface area (Å²) in [6.45, 7) is 7.76. The van der Waals surface area contributed by atoms with Crippen LogP contribution in [0.15, 0.2) is 23.9 Å². The van der Waals surface area contributed by atoms with E-state index < -0.39 is 0 Å². The van der Waals surface area contributed by atoms with Crippen molar-refractivity contribution in [2.75, 3.05) is 20.2 Å². The Labute approximate surface area is 145 Å². The molecule has 5 nitrogen and oxygen atoms in total. The summed E-state index contributed by atoms with van der Waals surface area (Å²) < 4.78 is 10.8. The first-order chi connectivity index (χ1) is 11.3. The van der Waals surface area contributed by atoms with Gasteiger partial charge in [-0.1, -0.05) is 6.08 Å². The van der Waals surface area contributed by atoms with Gasteiger partial charge < -0.3 is 20.1 Å². The average Bonchev–Trinajstić information content (AvgIpc) is 2.52. The van der Waals surface area contributed by atoms with Crippen molar-refractivity contribution in [1.29, 1.82) is 0 Å². The van der Waals surface area contributed by atoms with Crippen molar-refractivity contribution < 1.29 is 14.3 Å². The van der Waals surface area contributed by atoms with Gasteiger partial charge in [0.05, 0.1) is 12.1 Å². The lowest BCUT2D eigenvalue weighted by atomic mass is 9.91. The Morgan fingerprint density at radius 3 is 2.58 bits per heavy atom. The van der Waals surface area contributed by atoms with E-state index in [2.05, 4.69) is 17.1 Å². The summed E-state index contributed by atoms with van der Waals surface area (Å²) >= 11 is 0. The largest absolute Gasteiger partial charge is 0.460 e. The number of ether oxygens (including phenoxy) is 2. The summed E-state index contributed by atoms with van der Waals surface area (Å²) in [5.74, 6) is 0.516. The van der Waals surface area contributed by atoms with Crippen molar-refractivity contribution >= 4 is 5.97 Å². The molecule has 1 fully saturated rings. The Bertz CT molecular complexity index is 485. The van der Waals surface area contributed by atoms with Crippen LogP contribution in [-0.4, -0.2) is 48.8 Å². The zero-order valence-corrected chi connectivity index (χ0v) is 15.5. The molecule has 0 aromatic rings. The molecule has 1 heterocycles. The van der Waals surface area contributed by atoms with Gasteiger partial charge in [0.25, 0.3) is 0 Å². The zero-order chi connectivity index (χ0) is 17.7. The number of likely N-dealkylation sites (tertiary alicyclic amines) is 1. The molecule has 1 aliphatic heterocycles. The molecule has 0 amide bonds. The molecule has 0 aromatic heterocycles. The number of rotatable bonds is 5. The first-order valence-corrected chi connectivity index (χ1v) is 8.93. The third kappa shape index (κ3) is 5.64. The summed E-state index contributed by atoms with van der Waals surface area (Å²) in [6, 6.07) is -0.0647. The first kappa shape index (κ1) is 19.0. The van der Waals surface area contributed by atoms with Crippen LogP contribution in [0.4, 0.5) is 0 Å². The highest BCUT2D eigenvalue weighted by Crippen LogP contribution is 2.27. The van der Waals surface area contributed by atoms with Crippen molar-refractivity contribution in [3.63, 3.8) is 0 Å². The number of methoxy groups -OCH3 is 1. The van der Waals surface area contributed by atoms with E-state index in [4.69, 9.17) is 15.2 Å². The van der Waals surface area contributed by atoms with Crippen LogP contribution in [0.5, 0.6) is 0 Å². The van der Waals surface area contributed by atoms with Gasteiger partial charge in [-0.2, -0.15) is 0 Å². The van der Waals surface area contributed by atoms with E-state index in [0.29, 0.717) is 12.3 Å². The van der Waals surface area contributed by atoms with Crippen LogP contribution in [-0.2, 0) is 14.3 Å². The molecule has 0 bridgehead atoms. The van der Waals surface area contributed by atoms with Crippen molar-refractivity contribution in [3.05, 3.63) is 23.9 Å². The van der Waals surface area contributed by atoms with Crippen LogP contribution in [0.3, 0.4) is 0 Å². The number of allylic oxidation sites excluding steroid dienone is 1. The van der Waals surface area contributed by atoms with Crippen LogP contribution in [0, 0.1) is 5.92 Å². The van der Waals surface area contributed by atoms with Crippen molar-refractivity contribution in [3.8, 4) is 0 Å². The summed E-state index contributed by atoms with van der Waals surface area (Å²) in [6.07, 6.45) is 9.84. The quantitative estimate of drug-likeness (QED) is 0.782. The molecule has 2 rings (SSSR count). The third-order valence-corrected chi connectivity index (χ3v) is 4.63. The SMILES string of the molecule is COC1C=C(N2CCC(CCC(=O)OC(C)(C)C)CC2)C=CC1N. The van der Waals surface area contributed by atoms with E-state index >= 15 is 0 Å². The number of nitrogens with zero attached hydrogens (tertiary/aromatic N) is 1. The predicted octanol–water partition coefficient (Wildman–Crippen LogP) is 2.62. The Hall–Kier alpha value is -1.33. The first-order valence-electron chi connectivity index (χ1n) is 8.93. The lowest BCUT2D eigenvalue weighted by Crippen LogP contribution is -2.39. The minimum Gasteiger partial charge on any atom is -0.460 e. The number of hydrogen-bond donors (Lipinski definition) is 1. The number of carbonyl (C=O) groups is 1. The van der Waals surface area contributed by atoms with E-state index in [1.54, 1.807) is 7.11 Å². The Kier molecular flexibility index (Phi) is 6.47. The molecule has 0 aromatic carbocycles. The fraction of sp³-hybridized carbons (Fsp3) is 0.737. The lowest BCUT2D eigenvalue weighted by molar-refractivity contribution is -0.155. The maximum absolute atomic E-state index is 11.8. The number of carbonyl (C=O) groups excluding carboxylic acids is 1. The summed E-state index contributed by atoms with van der Waals surface area (Å²) in [5.41, 5.74) is 6.81. The number of nitrogens with two attached hydrogens (primary N) is 1. The van der Waals surface area contributed by atoms with Gasteiger partial charge in [-0.3, -0.25) is 4.79 Å². The van der Waals surface area contributed by atoms with Gasteiger partial charge >= 0.3 is 5.97 Å². The summed E-state index contributed by atoms with van der Waals surface area (Å²) in [4.78, 5) is 14.2. The zero-order valence-electron chi connectivity index (χ0n) is 15.5. The van der Waals surface area contributed by atoms with Crippen LogP contribution >= 0.6 is 0 Å². The number of esters is 1. The highest BCUT2D eigenvalue weighted by atomic mass is 16.6. The van der Waals surface area contributed by atoms with Crippen LogP contribution in [0.25, 0.3) is 0 Å². The van der Waals surface area contributed by atoms with Crippen LogP contribution in [0.2, 0.25) is 0 Å². The topological polar surface area (TPSA) is 64.8 Å². The van der Waals surface area contributed by atoms with Gasteiger partial charge in [0.2, 0.25) is 0 Å². The maximum Gasteiger partial charge on any atom is 0.306 e. The minimum atomic E-state index is -0.390. The molecule has 2 unspecified atom stereocenters. The molecule has 2 N–H and O–H groups in total. The number of hydrogen-bond acceptors (Lipinski definition) is 5. The molecule has 1 saturated heterocycles. The second-order valence-corrected chi connectivity index (χ2v) is 7.78. The fourth-order valence-corrected chi connectivity index (χ4v) is 3.28. The maximum atomic E-state index is 11.8. The average molecular weight is 336 g/mol. The molecular formula is C19H32N2O3. The van der Waals surface area contributed by atoms with Gasteiger partial charge in [0.15, 0.2) is 0 Å². The van der Waals surface area contributed by atoms with Crippen molar-refractivity contribution in [1.82, 2.24) is 4.90 Å². The standard InChI is InChI=1S/C19H32N2O3/c1-19(2,3)24-18(22)8-5-14-9-11-21(12-10-14)15-6-7-16(20)17(13-15)23-4/h6-7,13-14,16-17H,5,8-12,20H2,1-4H3. The van der Waals surface area contributed by atoms with E-state index in [1.807, 2.05) is 26.8 Å². The van der Waals surface area contributed by atoms with Gasteiger partial charge in [0.1, 0.15) is 5.60 Å². The molecule has 24 heavy (non-hydrogen) atoms. The van der Waals surface area contributed by atoms with E-state index in [1.165, 1.54) is 5.70 Å². The van der Waals surface area contributed by atoms with Crippen molar-refractivity contribution in [2.24, 2.45) is 11.7 Å². The summed E-state index contributed by atoms with van der Waals surface area (Å²) in [5, 5.41) is 0. The smallest absolute Gasteiger partial charge is 0.306 e. The van der Waals surface area contributed by atoms with Gasteiger partial charge in [-0.05, 0) is 58.1 Å². The Morgan fingerprint density at radius 1 is 1.33 bits per heavy atom. The highest BCUT2D eigenvalue weighted by molar-refractivity contribution is 5.69. The molecule has 0 spiro atoms. The molecule has 1 aliphatic carbocycles. The second kappa shape index (κ2) is 8.17. The Balaban J connectivity index is 1.76. The van der Waals surface area contributed by atoms with Gasteiger partial charge in [-0.15, -0.1) is 0 Å². The molecule has 2 aliphatic rings. The van der Waals surface area contributed by atoms with Crippen LogP contribution in [0.1, 0.15) is 46.5 Å². The molecule has 0 saturated carbocycles. The van der Waals surface area contributed by atoms with E-state index in [9.17, 15) is 4.79 Å². The predicted molar refractivity (Wildman–Crippen MR) is 95.4 cm³/mol.